The summed E-state index contributed by atoms with van der Waals surface area (Å²) in [5, 5.41) is 10.8. The van der Waals surface area contributed by atoms with Crippen LogP contribution in [0.1, 0.15) is 34.1 Å². The molecule has 2 aliphatic rings. The van der Waals surface area contributed by atoms with Gasteiger partial charge in [0.1, 0.15) is 0 Å². The summed E-state index contributed by atoms with van der Waals surface area (Å²) in [6.45, 7) is 8.27. The van der Waals surface area contributed by atoms with E-state index >= 15 is 0 Å². The van der Waals surface area contributed by atoms with Crippen LogP contribution in [0.5, 0.6) is 0 Å². The number of nitro groups is 1. The van der Waals surface area contributed by atoms with E-state index in [9.17, 15) is 10.1 Å². The molecule has 0 radical (unpaired) electrons. The molecular weight excluding hydrogens is 204 g/mol. The molecule has 0 aromatic carbocycles. The van der Waals surface area contributed by atoms with Crippen molar-refractivity contribution in [3.8, 4) is 0 Å². The molecule has 0 N–H and O–H groups in total. The molecule has 0 amide bonds. The Hall–Kier alpha value is -1.45. The smallest absolute Gasteiger partial charge is 0.247 e. The Morgan fingerprint density at radius 2 is 2.00 bits per heavy atom. The molecule has 0 spiro atoms. The lowest BCUT2D eigenvalue weighted by Crippen LogP contribution is -2.38. The number of rotatable bonds is 1. The van der Waals surface area contributed by atoms with Crippen molar-refractivity contribution in [2.24, 2.45) is 15.8 Å². The monoisotopic (exact) mass is 220 g/mol. The average Bonchev–Trinajstić information content (AvgIpc) is 2.36. The van der Waals surface area contributed by atoms with Crippen LogP contribution in [0, 0.1) is 20.9 Å². The zero-order valence-electron chi connectivity index (χ0n) is 10.1. The van der Waals surface area contributed by atoms with Crippen molar-refractivity contribution in [2.45, 2.75) is 34.1 Å². The van der Waals surface area contributed by atoms with Gasteiger partial charge in [-0.15, -0.1) is 0 Å². The van der Waals surface area contributed by atoms with Crippen molar-refractivity contribution < 1.29 is 4.92 Å². The van der Waals surface area contributed by atoms with Gasteiger partial charge < -0.3 is 0 Å². The minimum absolute atomic E-state index is 0.117. The molecule has 1 atom stereocenters. The van der Waals surface area contributed by atoms with Crippen molar-refractivity contribution in [1.82, 2.24) is 0 Å². The predicted octanol–water partition coefficient (Wildman–Crippen LogP) is 2.94. The maximum atomic E-state index is 10.8. The van der Waals surface area contributed by atoms with E-state index in [1.807, 2.05) is 6.92 Å². The summed E-state index contributed by atoms with van der Waals surface area (Å²) < 4.78 is 0. The molecule has 4 nitrogen and oxygen atoms in total. The van der Waals surface area contributed by atoms with Crippen LogP contribution in [0.15, 0.2) is 28.5 Å². The highest BCUT2D eigenvalue weighted by Crippen LogP contribution is 2.56. The second-order valence-electron chi connectivity index (χ2n) is 5.30. The number of hydrogen-bond donors (Lipinski definition) is 0. The average molecular weight is 220 g/mol. The van der Waals surface area contributed by atoms with Crippen LogP contribution in [0.4, 0.5) is 0 Å². The van der Waals surface area contributed by atoms with Crippen molar-refractivity contribution in [1.29, 1.82) is 0 Å². The lowest BCUT2D eigenvalue weighted by molar-refractivity contribution is -0.430. The van der Waals surface area contributed by atoms with Crippen molar-refractivity contribution in [3.05, 3.63) is 33.7 Å². The quantitative estimate of drug-likeness (QED) is 0.504. The molecule has 0 saturated heterocycles. The van der Waals surface area contributed by atoms with Gasteiger partial charge in [0, 0.05) is 28.3 Å². The van der Waals surface area contributed by atoms with Gasteiger partial charge in [0.05, 0.1) is 11.3 Å². The molecule has 1 unspecified atom stereocenters. The molecule has 0 aromatic rings. The van der Waals surface area contributed by atoms with E-state index in [1.54, 1.807) is 12.2 Å². The second kappa shape index (κ2) is 3.03. The molecule has 1 aliphatic carbocycles. The fourth-order valence-electron chi connectivity index (χ4n) is 2.42. The first-order chi connectivity index (χ1) is 7.29. The number of fused-ring (bicyclic) bond motifs is 1. The van der Waals surface area contributed by atoms with E-state index in [2.05, 4.69) is 25.8 Å². The standard InChI is InChI=1S/C12H16N2O2/c1-8-11(2,3)12(4)7-9(14(15)16)5-6-10(12)13-8/h5-6H,7H2,1-4H3. The van der Waals surface area contributed by atoms with Gasteiger partial charge in [-0.05, 0) is 13.0 Å². The number of allylic oxidation sites excluding steroid dienone is 4. The third-order valence-electron chi connectivity index (χ3n) is 4.34. The van der Waals surface area contributed by atoms with E-state index in [-0.39, 0.29) is 21.5 Å². The fourth-order valence-corrected chi connectivity index (χ4v) is 2.42. The topological polar surface area (TPSA) is 55.5 Å². The summed E-state index contributed by atoms with van der Waals surface area (Å²) in [6, 6.07) is 0. The summed E-state index contributed by atoms with van der Waals surface area (Å²) in [5.41, 5.74) is 1.95. The Labute approximate surface area is 94.9 Å². The zero-order chi connectivity index (χ0) is 12.1. The third kappa shape index (κ3) is 1.19. The number of nitrogens with zero attached hydrogens (tertiary/aromatic N) is 2. The molecule has 0 fully saturated rings. The molecule has 1 heterocycles. The van der Waals surface area contributed by atoms with E-state index < -0.39 is 0 Å². The normalized spacial score (nSPS) is 31.4. The number of hydrogen-bond acceptors (Lipinski definition) is 3. The maximum absolute atomic E-state index is 10.8. The van der Waals surface area contributed by atoms with E-state index in [4.69, 9.17) is 0 Å². The van der Waals surface area contributed by atoms with Gasteiger partial charge in [-0.1, -0.05) is 20.8 Å². The minimum Gasteiger partial charge on any atom is -0.261 e. The first-order valence-electron chi connectivity index (χ1n) is 5.40. The third-order valence-corrected chi connectivity index (χ3v) is 4.34. The maximum Gasteiger partial charge on any atom is 0.247 e. The van der Waals surface area contributed by atoms with E-state index in [0.29, 0.717) is 6.42 Å². The molecule has 0 aromatic heterocycles. The fraction of sp³-hybridized carbons (Fsp3) is 0.583. The molecule has 4 heteroatoms. The first-order valence-corrected chi connectivity index (χ1v) is 5.40. The predicted molar refractivity (Wildman–Crippen MR) is 62.8 cm³/mol. The largest absolute Gasteiger partial charge is 0.261 e. The van der Waals surface area contributed by atoms with Gasteiger partial charge in [0.2, 0.25) is 5.70 Å². The molecule has 1 aliphatic heterocycles. The lowest BCUT2D eigenvalue weighted by atomic mass is 9.61. The first kappa shape index (κ1) is 11.0. The molecule has 0 saturated carbocycles. The summed E-state index contributed by atoms with van der Waals surface area (Å²) in [6.07, 6.45) is 3.83. The van der Waals surface area contributed by atoms with Gasteiger partial charge in [-0.2, -0.15) is 0 Å². The van der Waals surface area contributed by atoms with Crippen LogP contribution in [-0.2, 0) is 0 Å². The van der Waals surface area contributed by atoms with E-state index in [1.165, 1.54) is 0 Å². The molecule has 86 valence electrons. The molecule has 0 bridgehead atoms. The molecular formula is C12H16N2O2. The molecule has 16 heavy (non-hydrogen) atoms. The number of aliphatic imine (C=N–C) groups is 1. The Morgan fingerprint density at radius 1 is 1.38 bits per heavy atom. The van der Waals surface area contributed by atoms with Crippen molar-refractivity contribution in [2.75, 3.05) is 0 Å². The van der Waals surface area contributed by atoms with Crippen LogP contribution in [0.25, 0.3) is 0 Å². The van der Waals surface area contributed by atoms with Gasteiger partial charge in [0.15, 0.2) is 0 Å². The highest BCUT2D eigenvalue weighted by molar-refractivity contribution is 5.92. The summed E-state index contributed by atoms with van der Waals surface area (Å²) in [4.78, 5) is 15.1. The van der Waals surface area contributed by atoms with E-state index in [0.717, 1.165) is 11.4 Å². The van der Waals surface area contributed by atoms with Gasteiger partial charge in [-0.25, -0.2) is 0 Å². The second-order valence-corrected chi connectivity index (χ2v) is 5.30. The Kier molecular flexibility index (Phi) is 2.09. The van der Waals surface area contributed by atoms with Crippen LogP contribution in [0.2, 0.25) is 0 Å². The highest BCUT2D eigenvalue weighted by atomic mass is 16.6. The zero-order valence-corrected chi connectivity index (χ0v) is 10.1. The van der Waals surface area contributed by atoms with Gasteiger partial charge in [-0.3, -0.25) is 15.1 Å². The van der Waals surface area contributed by atoms with Crippen LogP contribution in [0.3, 0.4) is 0 Å². The Bertz CT molecular complexity index is 458. The van der Waals surface area contributed by atoms with Crippen LogP contribution in [-0.4, -0.2) is 10.6 Å². The van der Waals surface area contributed by atoms with Crippen LogP contribution >= 0.6 is 0 Å². The van der Waals surface area contributed by atoms with Gasteiger partial charge >= 0.3 is 0 Å². The summed E-state index contributed by atoms with van der Waals surface area (Å²) in [5.74, 6) is 0. The lowest BCUT2D eigenvalue weighted by Gasteiger charge is -2.39. The highest BCUT2D eigenvalue weighted by Gasteiger charge is 2.53. The van der Waals surface area contributed by atoms with Crippen LogP contribution < -0.4 is 0 Å². The summed E-state index contributed by atoms with van der Waals surface area (Å²) >= 11 is 0. The van der Waals surface area contributed by atoms with Crippen molar-refractivity contribution in [3.63, 3.8) is 0 Å². The summed E-state index contributed by atoms with van der Waals surface area (Å²) in [7, 11) is 0. The Morgan fingerprint density at radius 3 is 2.56 bits per heavy atom. The van der Waals surface area contributed by atoms with Gasteiger partial charge in [0.25, 0.3) is 0 Å². The SMILES string of the molecule is CC1=NC2=CC=C([N+](=O)[O-])CC2(C)C1(C)C. The van der Waals surface area contributed by atoms with Crippen molar-refractivity contribution >= 4 is 5.71 Å². The Balaban J connectivity index is 2.50. The minimum atomic E-state index is -0.289. The molecule has 2 rings (SSSR count).